The smallest absolute Gasteiger partial charge is 0.200 e. The van der Waals surface area contributed by atoms with Crippen molar-refractivity contribution in [1.82, 2.24) is 0 Å². The van der Waals surface area contributed by atoms with E-state index in [-0.39, 0.29) is 20.5 Å². The van der Waals surface area contributed by atoms with Crippen molar-refractivity contribution < 1.29 is 16.8 Å². The summed E-state index contributed by atoms with van der Waals surface area (Å²) in [7, 11) is -9.06. The summed E-state index contributed by atoms with van der Waals surface area (Å²) in [6, 6.07) is 14.8. The molecule has 0 atom stereocenters. The van der Waals surface area contributed by atoms with Crippen molar-refractivity contribution in [3.05, 3.63) is 87.4 Å². The molecule has 29 heavy (non-hydrogen) atoms. The molecule has 0 saturated heterocycles. The molecule has 3 aromatic carbocycles. The standard InChI is InChI=1S/C19H14Cl3NO4S2/c1-13-18(22)3-2-4-19(13)23(28(24,25)16-9-5-14(20)6-10-16)29(26,27)17-11-7-15(21)8-12-17/h2-12H,1H3. The molecule has 0 heterocycles. The third-order valence-electron chi connectivity index (χ3n) is 4.10. The van der Waals surface area contributed by atoms with E-state index >= 15 is 0 Å². The normalized spacial score (nSPS) is 12.0. The van der Waals surface area contributed by atoms with Gasteiger partial charge in [0.15, 0.2) is 0 Å². The highest BCUT2D eigenvalue weighted by molar-refractivity contribution is 8.10. The van der Waals surface area contributed by atoms with Crippen LogP contribution < -0.4 is 3.71 Å². The van der Waals surface area contributed by atoms with Gasteiger partial charge in [-0.15, -0.1) is 0 Å². The maximum absolute atomic E-state index is 13.4. The van der Waals surface area contributed by atoms with Gasteiger partial charge in [0.2, 0.25) is 0 Å². The average molecular weight is 491 g/mol. The molecule has 3 rings (SSSR count). The highest BCUT2D eigenvalue weighted by Gasteiger charge is 2.38. The van der Waals surface area contributed by atoms with Gasteiger partial charge < -0.3 is 0 Å². The molecule has 0 bridgehead atoms. The Bertz CT molecular complexity index is 1180. The third-order valence-corrected chi connectivity index (χ3v) is 9.19. The summed E-state index contributed by atoms with van der Waals surface area (Å²) < 4.78 is 54.1. The van der Waals surface area contributed by atoms with Crippen LogP contribution in [0.1, 0.15) is 5.56 Å². The number of halogens is 3. The van der Waals surface area contributed by atoms with Crippen molar-refractivity contribution in [2.75, 3.05) is 3.71 Å². The molecule has 0 radical (unpaired) electrons. The minimum absolute atomic E-state index is 0.0811. The van der Waals surface area contributed by atoms with Gasteiger partial charge >= 0.3 is 0 Å². The van der Waals surface area contributed by atoms with E-state index in [1.54, 1.807) is 13.0 Å². The summed E-state index contributed by atoms with van der Waals surface area (Å²) in [5.41, 5.74) is 0.214. The number of rotatable bonds is 5. The molecule has 152 valence electrons. The van der Waals surface area contributed by atoms with Gasteiger partial charge in [-0.05, 0) is 73.2 Å². The van der Waals surface area contributed by atoms with E-state index in [0.717, 1.165) is 0 Å². The van der Waals surface area contributed by atoms with Crippen molar-refractivity contribution in [2.45, 2.75) is 16.7 Å². The molecule has 0 aliphatic heterocycles. The molecule has 0 unspecified atom stereocenters. The van der Waals surface area contributed by atoms with Gasteiger partial charge in [0.1, 0.15) is 0 Å². The fourth-order valence-corrected chi connectivity index (χ4v) is 6.81. The molecule has 3 aromatic rings. The molecule has 0 aromatic heterocycles. The summed E-state index contributed by atoms with van der Waals surface area (Å²) >= 11 is 17.8. The van der Waals surface area contributed by atoms with Gasteiger partial charge in [0, 0.05) is 15.1 Å². The second kappa shape index (κ2) is 8.16. The molecule has 0 spiro atoms. The van der Waals surface area contributed by atoms with Gasteiger partial charge in [-0.1, -0.05) is 40.9 Å². The van der Waals surface area contributed by atoms with Crippen molar-refractivity contribution in [3.8, 4) is 0 Å². The van der Waals surface area contributed by atoms with Gasteiger partial charge in [-0.3, -0.25) is 0 Å². The predicted molar refractivity (Wildman–Crippen MR) is 116 cm³/mol. The first-order valence-electron chi connectivity index (χ1n) is 8.12. The summed E-state index contributed by atoms with van der Waals surface area (Å²) in [6.07, 6.45) is 0. The van der Waals surface area contributed by atoms with Crippen LogP contribution in [-0.4, -0.2) is 16.8 Å². The van der Waals surface area contributed by atoms with E-state index in [1.165, 1.54) is 60.7 Å². The Labute approximate surface area is 184 Å². The Kier molecular flexibility index (Phi) is 6.17. The minimum Gasteiger partial charge on any atom is -0.200 e. The molecule has 0 N–H and O–H groups in total. The predicted octanol–water partition coefficient (Wildman–Crippen LogP) is 5.54. The Morgan fingerprint density at radius 1 is 0.655 bits per heavy atom. The molecule has 0 aliphatic carbocycles. The largest absolute Gasteiger partial charge is 0.277 e. The van der Waals surface area contributed by atoms with Crippen molar-refractivity contribution in [2.24, 2.45) is 0 Å². The van der Waals surface area contributed by atoms with Crippen LogP contribution in [0.15, 0.2) is 76.5 Å². The molecule has 0 aliphatic rings. The van der Waals surface area contributed by atoms with Crippen LogP contribution >= 0.6 is 34.8 Å². The second-order valence-corrected chi connectivity index (χ2v) is 11.1. The molecule has 0 fully saturated rings. The molecule has 5 nitrogen and oxygen atoms in total. The quantitative estimate of drug-likeness (QED) is 0.471. The first-order chi connectivity index (χ1) is 13.5. The van der Waals surface area contributed by atoms with E-state index in [4.69, 9.17) is 34.8 Å². The molecule has 0 amide bonds. The van der Waals surface area contributed by atoms with Gasteiger partial charge in [0.25, 0.3) is 20.0 Å². The summed E-state index contributed by atoms with van der Waals surface area (Å²) in [4.78, 5) is -0.474. The zero-order valence-electron chi connectivity index (χ0n) is 14.9. The maximum Gasteiger partial charge on any atom is 0.277 e. The number of benzene rings is 3. The monoisotopic (exact) mass is 489 g/mol. The lowest BCUT2D eigenvalue weighted by atomic mass is 10.2. The van der Waals surface area contributed by atoms with E-state index in [1.807, 2.05) is 0 Å². The van der Waals surface area contributed by atoms with Crippen molar-refractivity contribution >= 4 is 60.5 Å². The van der Waals surface area contributed by atoms with Gasteiger partial charge in [-0.25, -0.2) is 16.8 Å². The molecule has 0 saturated carbocycles. The van der Waals surface area contributed by atoms with E-state index in [9.17, 15) is 16.8 Å². The zero-order chi connectivity index (χ0) is 21.4. The Hall–Kier alpha value is -1.77. The first-order valence-corrected chi connectivity index (χ1v) is 12.1. The number of hydrogen-bond acceptors (Lipinski definition) is 4. The number of anilines is 1. The van der Waals surface area contributed by atoms with E-state index in [0.29, 0.717) is 19.3 Å². The molecular formula is C19H14Cl3NO4S2. The first kappa shape index (κ1) is 21.9. The molecule has 10 heteroatoms. The van der Waals surface area contributed by atoms with Crippen LogP contribution in [0.3, 0.4) is 0 Å². The number of nitrogens with zero attached hydrogens (tertiary/aromatic N) is 1. The minimum atomic E-state index is -4.53. The molecular weight excluding hydrogens is 477 g/mol. The Morgan fingerprint density at radius 2 is 1.07 bits per heavy atom. The van der Waals surface area contributed by atoms with Gasteiger partial charge in [-0.2, -0.15) is 3.71 Å². The lowest BCUT2D eigenvalue weighted by Crippen LogP contribution is -2.37. The van der Waals surface area contributed by atoms with Crippen molar-refractivity contribution in [1.29, 1.82) is 0 Å². The summed E-state index contributed by atoms with van der Waals surface area (Å²) in [5, 5.41) is 0.857. The van der Waals surface area contributed by atoms with Crippen LogP contribution in [-0.2, 0) is 20.0 Å². The van der Waals surface area contributed by atoms with E-state index in [2.05, 4.69) is 0 Å². The topological polar surface area (TPSA) is 71.5 Å². The van der Waals surface area contributed by atoms with Crippen molar-refractivity contribution in [3.63, 3.8) is 0 Å². The number of sulfonamides is 2. The second-order valence-electron chi connectivity index (χ2n) is 6.00. The number of hydrogen-bond donors (Lipinski definition) is 0. The van der Waals surface area contributed by atoms with Crippen LogP contribution in [0.25, 0.3) is 0 Å². The summed E-state index contributed by atoms with van der Waals surface area (Å²) in [5.74, 6) is 0. The summed E-state index contributed by atoms with van der Waals surface area (Å²) in [6.45, 7) is 1.54. The Balaban J connectivity index is 2.32. The van der Waals surface area contributed by atoms with Crippen LogP contribution in [0.4, 0.5) is 5.69 Å². The van der Waals surface area contributed by atoms with Crippen LogP contribution in [0.2, 0.25) is 15.1 Å². The highest BCUT2D eigenvalue weighted by Crippen LogP contribution is 2.35. The SMILES string of the molecule is Cc1c(Cl)cccc1N(S(=O)(=O)c1ccc(Cl)cc1)S(=O)(=O)c1ccc(Cl)cc1. The fourth-order valence-electron chi connectivity index (χ4n) is 2.59. The lowest BCUT2D eigenvalue weighted by Gasteiger charge is -2.26. The fraction of sp³-hybridized carbons (Fsp3) is 0.0526. The van der Waals surface area contributed by atoms with Gasteiger partial charge in [0.05, 0.1) is 15.5 Å². The zero-order valence-corrected chi connectivity index (χ0v) is 18.8. The third kappa shape index (κ3) is 4.25. The lowest BCUT2D eigenvalue weighted by molar-refractivity contribution is 0.584. The van der Waals surface area contributed by atoms with Crippen LogP contribution in [0, 0.1) is 6.92 Å². The average Bonchev–Trinajstić information content (AvgIpc) is 2.66. The Morgan fingerprint density at radius 3 is 1.48 bits per heavy atom. The van der Waals surface area contributed by atoms with E-state index < -0.39 is 20.0 Å². The maximum atomic E-state index is 13.4. The van der Waals surface area contributed by atoms with Crippen LogP contribution in [0.5, 0.6) is 0 Å². The highest BCUT2D eigenvalue weighted by atomic mass is 35.5.